The van der Waals surface area contributed by atoms with Crippen molar-refractivity contribution < 1.29 is 0 Å². The molecule has 0 amide bonds. The molecule has 0 aromatic rings. The Morgan fingerprint density at radius 2 is 1.38 bits per heavy atom. The topological polar surface area (TPSA) is 15.3 Å². The molecular formula is C11H24N2. The molecule has 0 aliphatic carbocycles. The number of hydrogen-bond acceptors (Lipinski definition) is 2. The zero-order valence-corrected chi connectivity index (χ0v) is 9.18. The van der Waals surface area contributed by atoms with Crippen molar-refractivity contribution in [1.29, 1.82) is 0 Å². The van der Waals surface area contributed by atoms with Crippen LogP contribution < -0.4 is 5.32 Å². The van der Waals surface area contributed by atoms with Gasteiger partial charge < -0.3 is 10.2 Å². The first kappa shape index (κ1) is 11.0. The first-order chi connectivity index (χ1) is 6.30. The van der Waals surface area contributed by atoms with E-state index < -0.39 is 0 Å². The van der Waals surface area contributed by atoms with E-state index in [2.05, 4.69) is 24.1 Å². The van der Waals surface area contributed by atoms with Crippen LogP contribution in [0, 0.1) is 0 Å². The number of rotatable bonds is 1. The molecule has 2 aliphatic heterocycles. The Morgan fingerprint density at radius 1 is 0.923 bits per heavy atom. The maximum atomic E-state index is 3.11. The zero-order chi connectivity index (χ0) is 9.52. The van der Waals surface area contributed by atoms with Crippen molar-refractivity contribution in [2.24, 2.45) is 0 Å². The molecule has 0 aromatic heterocycles. The molecule has 0 atom stereocenters. The van der Waals surface area contributed by atoms with Gasteiger partial charge in [-0.05, 0) is 59.3 Å². The highest BCUT2D eigenvalue weighted by atomic mass is 15.1. The highest BCUT2D eigenvalue weighted by molar-refractivity contribution is 4.67. The van der Waals surface area contributed by atoms with E-state index in [1.54, 1.807) is 0 Å². The van der Waals surface area contributed by atoms with Crippen LogP contribution in [0.25, 0.3) is 0 Å². The molecule has 0 saturated carbocycles. The molecule has 0 aromatic carbocycles. The maximum Gasteiger partial charge on any atom is 0.00385 e. The molecule has 2 nitrogen and oxygen atoms in total. The van der Waals surface area contributed by atoms with Crippen LogP contribution in [-0.4, -0.2) is 37.1 Å². The van der Waals surface area contributed by atoms with Gasteiger partial charge >= 0.3 is 0 Å². The van der Waals surface area contributed by atoms with Crippen LogP contribution in [0.3, 0.4) is 0 Å². The lowest BCUT2D eigenvalue weighted by Crippen LogP contribution is -2.35. The lowest BCUT2D eigenvalue weighted by atomic mass is 10.1. The Morgan fingerprint density at radius 3 is 1.62 bits per heavy atom. The Bertz CT molecular complexity index is 109. The van der Waals surface area contributed by atoms with Gasteiger partial charge in [0, 0.05) is 6.04 Å². The minimum absolute atomic E-state index is 0.769. The average molecular weight is 184 g/mol. The van der Waals surface area contributed by atoms with Gasteiger partial charge in [0.1, 0.15) is 0 Å². The predicted octanol–water partition coefficient (Wildman–Crippen LogP) is 1.86. The van der Waals surface area contributed by atoms with Crippen molar-refractivity contribution >= 4 is 0 Å². The van der Waals surface area contributed by atoms with Crippen molar-refractivity contribution in [3.63, 3.8) is 0 Å². The van der Waals surface area contributed by atoms with Gasteiger partial charge in [0.25, 0.3) is 0 Å². The van der Waals surface area contributed by atoms with E-state index in [9.17, 15) is 0 Å². The molecule has 0 bridgehead atoms. The number of nitrogens with zero attached hydrogens (tertiary/aromatic N) is 1. The Balaban J connectivity index is 0.000000175. The van der Waals surface area contributed by atoms with Crippen molar-refractivity contribution in [2.75, 3.05) is 26.2 Å². The van der Waals surface area contributed by atoms with Gasteiger partial charge in [0.05, 0.1) is 0 Å². The van der Waals surface area contributed by atoms with E-state index in [-0.39, 0.29) is 0 Å². The summed E-state index contributed by atoms with van der Waals surface area (Å²) in [5.41, 5.74) is 0. The first-order valence-electron chi connectivity index (χ1n) is 5.75. The third kappa shape index (κ3) is 4.63. The molecule has 1 N–H and O–H groups in total. The molecule has 2 heterocycles. The highest BCUT2D eigenvalue weighted by Gasteiger charge is 2.11. The summed E-state index contributed by atoms with van der Waals surface area (Å²) in [5, 5.41) is 3.11. The standard InChI is InChI=1S/C8H17N.C3H7N/c1-8(2)9-6-4-3-5-7-9;1-2-4-3-1/h8H,3-7H2,1-2H3;4H,1-3H2. The fourth-order valence-electron chi connectivity index (χ4n) is 1.61. The van der Waals surface area contributed by atoms with Crippen LogP contribution in [-0.2, 0) is 0 Å². The summed E-state index contributed by atoms with van der Waals surface area (Å²) in [6.45, 7) is 9.73. The lowest BCUT2D eigenvalue weighted by molar-refractivity contribution is 0.185. The molecule has 0 unspecified atom stereocenters. The molecule has 78 valence electrons. The van der Waals surface area contributed by atoms with Gasteiger partial charge in [-0.15, -0.1) is 0 Å². The normalized spacial score (nSPS) is 23.3. The summed E-state index contributed by atoms with van der Waals surface area (Å²) in [4.78, 5) is 2.56. The quantitative estimate of drug-likeness (QED) is 0.669. The van der Waals surface area contributed by atoms with Crippen LogP contribution in [0.2, 0.25) is 0 Å². The first-order valence-corrected chi connectivity index (χ1v) is 5.75. The van der Waals surface area contributed by atoms with E-state index in [1.807, 2.05) is 0 Å². The predicted molar refractivity (Wildman–Crippen MR) is 58.0 cm³/mol. The summed E-state index contributed by atoms with van der Waals surface area (Å²) < 4.78 is 0. The van der Waals surface area contributed by atoms with E-state index >= 15 is 0 Å². The minimum atomic E-state index is 0.769. The monoisotopic (exact) mass is 184 g/mol. The molecule has 2 rings (SSSR count). The molecule has 0 radical (unpaired) electrons. The fourth-order valence-corrected chi connectivity index (χ4v) is 1.61. The Hall–Kier alpha value is -0.0800. The summed E-state index contributed by atoms with van der Waals surface area (Å²) in [6, 6.07) is 0.769. The Kier molecular flexibility index (Phi) is 5.40. The SMILES string of the molecule is C1CNC1.CC(C)N1CCCCC1. The highest BCUT2D eigenvalue weighted by Crippen LogP contribution is 2.10. The molecule has 2 heteroatoms. The fraction of sp³-hybridized carbons (Fsp3) is 1.00. The van der Waals surface area contributed by atoms with Gasteiger partial charge in [-0.25, -0.2) is 0 Å². The van der Waals surface area contributed by atoms with Gasteiger partial charge in [-0.2, -0.15) is 0 Å². The van der Waals surface area contributed by atoms with E-state index in [0.29, 0.717) is 0 Å². The molecule has 2 aliphatic rings. The molecular weight excluding hydrogens is 160 g/mol. The minimum Gasteiger partial charge on any atom is -0.317 e. The van der Waals surface area contributed by atoms with E-state index in [1.165, 1.54) is 51.9 Å². The van der Waals surface area contributed by atoms with Crippen LogP contribution in [0.15, 0.2) is 0 Å². The maximum absolute atomic E-state index is 3.11. The van der Waals surface area contributed by atoms with Gasteiger partial charge in [-0.3, -0.25) is 0 Å². The van der Waals surface area contributed by atoms with Crippen LogP contribution in [0.4, 0.5) is 0 Å². The van der Waals surface area contributed by atoms with E-state index in [4.69, 9.17) is 0 Å². The Labute approximate surface area is 82.7 Å². The zero-order valence-electron chi connectivity index (χ0n) is 9.18. The van der Waals surface area contributed by atoms with E-state index in [0.717, 1.165) is 6.04 Å². The van der Waals surface area contributed by atoms with Gasteiger partial charge in [0.15, 0.2) is 0 Å². The van der Waals surface area contributed by atoms with Crippen molar-refractivity contribution in [1.82, 2.24) is 10.2 Å². The van der Waals surface area contributed by atoms with Gasteiger partial charge in [-0.1, -0.05) is 6.42 Å². The van der Waals surface area contributed by atoms with Crippen molar-refractivity contribution in [2.45, 2.75) is 45.6 Å². The third-order valence-corrected chi connectivity index (χ3v) is 2.83. The summed E-state index contributed by atoms with van der Waals surface area (Å²) in [7, 11) is 0. The van der Waals surface area contributed by atoms with Crippen LogP contribution >= 0.6 is 0 Å². The van der Waals surface area contributed by atoms with Gasteiger partial charge in [0.2, 0.25) is 0 Å². The lowest BCUT2D eigenvalue weighted by Gasteiger charge is -2.29. The third-order valence-electron chi connectivity index (χ3n) is 2.83. The number of nitrogens with one attached hydrogen (secondary N) is 1. The second-order valence-electron chi connectivity index (χ2n) is 4.29. The average Bonchev–Trinajstić information content (AvgIpc) is 2.03. The number of likely N-dealkylation sites (tertiary alicyclic amines) is 1. The molecule has 13 heavy (non-hydrogen) atoms. The molecule has 0 spiro atoms. The van der Waals surface area contributed by atoms with Crippen LogP contribution in [0.1, 0.15) is 39.5 Å². The van der Waals surface area contributed by atoms with Crippen LogP contribution in [0.5, 0.6) is 0 Å². The summed E-state index contributed by atoms with van der Waals surface area (Å²) >= 11 is 0. The second-order valence-corrected chi connectivity index (χ2v) is 4.29. The molecule has 2 saturated heterocycles. The second kappa shape index (κ2) is 6.39. The summed E-state index contributed by atoms with van der Waals surface area (Å²) in [5.74, 6) is 0. The molecule has 2 fully saturated rings. The van der Waals surface area contributed by atoms with Crippen molar-refractivity contribution in [3.05, 3.63) is 0 Å². The number of piperidine rings is 1. The number of hydrogen-bond donors (Lipinski definition) is 1. The summed E-state index contributed by atoms with van der Waals surface area (Å²) in [6.07, 6.45) is 5.67. The largest absolute Gasteiger partial charge is 0.317 e. The van der Waals surface area contributed by atoms with Crippen molar-refractivity contribution in [3.8, 4) is 0 Å². The smallest absolute Gasteiger partial charge is 0.00385 e.